The first-order valence-electron chi connectivity index (χ1n) is 7.89. The number of hydrogen-bond donors (Lipinski definition) is 1. The molecule has 1 N–H and O–H groups in total. The predicted molar refractivity (Wildman–Crippen MR) is 88.3 cm³/mol. The van der Waals surface area contributed by atoms with Crippen molar-refractivity contribution in [1.29, 1.82) is 0 Å². The van der Waals surface area contributed by atoms with Gasteiger partial charge >= 0.3 is 0 Å². The van der Waals surface area contributed by atoms with Crippen LogP contribution < -0.4 is 0 Å². The summed E-state index contributed by atoms with van der Waals surface area (Å²) in [5, 5.41) is 10.4. The van der Waals surface area contributed by atoms with E-state index >= 15 is 0 Å². The lowest BCUT2D eigenvalue weighted by Gasteiger charge is -2.40. The highest BCUT2D eigenvalue weighted by molar-refractivity contribution is 5.17. The van der Waals surface area contributed by atoms with E-state index in [9.17, 15) is 5.11 Å². The van der Waals surface area contributed by atoms with E-state index < -0.39 is 6.10 Å². The molecule has 1 aromatic rings. The van der Waals surface area contributed by atoms with Gasteiger partial charge in [-0.2, -0.15) is 0 Å². The maximum absolute atomic E-state index is 10.4. The van der Waals surface area contributed by atoms with Gasteiger partial charge in [0.15, 0.2) is 0 Å². The molecule has 0 aromatic heterocycles. The number of benzene rings is 1. The minimum absolute atomic E-state index is 0.391. The molecule has 21 heavy (non-hydrogen) atoms. The Balaban J connectivity index is 1.85. The Morgan fingerprint density at radius 2 is 2.00 bits per heavy atom. The van der Waals surface area contributed by atoms with Crippen LogP contribution in [0.15, 0.2) is 42.0 Å². The lowest BCUT2D eigenvalue weighted by atomic mass is 10.1. The maximum atomic E-state index is 10.4. The number of allylic oxidation sites excluding steroid dienone is 1. The number of piperazine rings is 1. The third-order valence-corrected chi connectivity index (χ3v) is 4.20. The Labute approximate surface area is 128 Å². The van der Waals surface area contributed by atoms with E-state index in [2.05, 4.69) is 36.6 Å². The van der Waals surface area contributed by atoms with E-state index in [1.165, 1.54) is 5.57 Å². The molecule has 0 spiro atoms. The Bertz CT molecular complexity index is 454. The molecule has 2 atom stereocenters. The number of rotatable bonds is 5. The fourth-order valence-corrected chi connectivity index (χ4v) is 2.82. The lowest BCUT2D eigenvalue weighted by Crippen LogP contribution is -2.52. The van der Waals surface area contributed by atoms with Crippen molar-refractivity contribution in [2.75, 3.05) is 32.7 Å². The molecule has 0 aliphatic carbocycles. The highest BCUT2D eigenvalue weighted by Gasteiger charge is 2.25. The van der Waals surface area contributed by atoms with Crippen LogP contribution in [0.4, 0.5) is 0 Å². The fraction of sp³-hybridized carbons (Fsp3) is 0.556. The van der Waals surface area contributed by atoms with E-state index in [4.69, 9.17) is 0 Å². The lowest BCUT2D eigenvalue weighted by molar-refractivity contribution is 0.0427. The highest BCUT2D eigenvalue weighted by atomic mass is 16.3. The molecule has 1 aliphatic rings. The normalized spacial score (nSPS) is 22.0. The molecule has 1 aromatic carbocycles. The minimum atomic E-state index is -0.391. The van der Waals surface area contributed by atoms with E-state index in [1.54, 1.807) is 0 Å². The van der Waals surface area contributed by atoms with Crippen LogP contribution in [0.2, 0.25) is 0 Å². The Morgan fingerprint density at radius 1 is 1.29 bits per heavy atom. The van der Waals surface area contributed by atoms with Gasteiger partial charge in [-0.1, -0.05) is 42.0 Å². The molecule has 0 unspecified atom stereocenters. The molecule has 2 rings (SSSR count). The molecule has 0 amide bonds. The van der Waals surface area contributed by atoms with Gasteiger partial charge in [0.2, 0.25) is 0 Å². The Morgan fingerprint density at radius 3 is 2.62 bits per heavy atom. The van der Waals surface area contributed by atoms with E-state index in [0.717, 1.165) is 38.3 Å². The smallest absolute Gasteiger partial charge is 0.0917 e. The van der Waals surface area contributed by atoms with Crippen LogP contribution in [0, 0.1) is 0 Å². The first kappa shape index (κ1) is 16.2. The van der Waals surface area contributed by atoms with Crippen LogP contribution in [-0.2, 0) is 0 Å². The highest BCUT2D eigenvalue weighted by Crippen LogP contribution is 2.17. The number of β-amino-alcohol motifs (C(OH)–C–C–N with tert-alkyl or cyclic N) is 1. The molecule has 1 saturated heterocycles. The van der Waals surface area contributed by atoms with E-state index in [0.29, 0.717) is 6.04 Å². The van der Waals surface area contributed by atoms with Gasteiger partial charge in [-0.05, 0) is 26.3 Å². The van der Waals surface area contributed by atoms with Gasteiger partial charge in [0.25, 0.3) is 0 Å². The van der Waals surface area contributed by atoms with Crippen molar-refractivity contribution >= 4 is 0 Å². The summed E-state index contributed by atoms with van der Waals surface area (Å²) in [4.78, 5) is 4.89. The monoisotopic (exact) mass is 288 g/mol. The summed E-state index contributed by atoms with van der Waals surface area (Å²) in [6.45, 7) is 11.5. The second kappa shape index (κ2) is 7.74. The summed E-state index contributed by atoms with van der Waals surface area (Å²) in [6, 6.07) is 10.4. The Hall–Kier alpha value is -1.16. The van der Waals surface area contributed by atoms with Crippen LogP contribution in [-0.4, -0.2) is 53.7 Å². The van der Waals surface area contributed by atoms with Gasteiger partial charge in [-0.3, -0.25) is 9.80 Å². The third-order valence-electron chi connectivity index (χ3n) is 4.20. The quantitative estimate of drug-likeness (QED) is 0.844. The zero-order valence-corrected chi connectivity index (χ0v) is 13.5. The molecule has 0 saturated carbocycles. The van der Waals surface area contributed by atoms with Crippen LogP contribution in [0.1, 0.15) is 32.4 Å². The summed E-state index contributed by atoms with van der Waals surface area (Å²) in [7, 11) is 0. The zero-order valence-electron chi connectivity index (χ0n) is 13.5. The fourth-order valence-electron chi connectivity index (χ4n) is 2.82. The molecule has 116 valence electrons. The molecule has 0 bridgehead atoms. The largest absolute Gasteiger partial charge is 0.387 e. The predicted octanol–water partition coefficient (Wildman–Crippen LogP) is 2.69. The topological polar surface area (TPSA) is 26.7 Å². The number of hydrogen-bond acceptors (Lipinski definition) is 3. The van der Waals surface area contributed by atoms with Crippen molar-refractivity contribution < 1.29 is 5.11 Å². The molecular weight excluding hydrogens is 260 g/mol. The molecule has 1 heterocycles. The standard InChI is InChI=1S/C18H28N2O/c1-15(2)9-10-19-11-12-20(16(3)13-19)14-18(21)17-7-5-4-6-8-17/h4-9,16,18,21H,10-14H2,1-3H3/t16-,18+/m1/s1. The maximum Gasteiger partial charge on any atom is 0.0917 e. The van der Waals surface area contributed by atoms with E-state index in [-0.39, 0.29) is 0 Å². The first-order valence-corrected chi connectivity index (χ1v) is 7.89. The molecular formula is C18H28N2O. The number of aliphatic hydroxyl groups is 1. The summed E-state index contributed by atoms with van der Waals surface area (Å²) < 4.78 is 0. The van der Waals surface area contributed by atoms with Crippen molar-refractivity contribution in [2.45, 2.75) is 32.9 Å². The van der Waals surface area contributed by atoms with E-state index in [1.807, 2.05) is 30.3 Å². The van der Waals surface area contributed by atoms with Crippen molar-refractivity contribution in [1.82, 2.24) is 9.80 Å². The molecule has 1 aliphatic heterocycles. The molecule has 3 nitrogen and oxygen atoms in total. The van der Waals surface area contributed by atoms with Crippen molar-refractivity contribution in [3.05, 3.63) is 47.5 Å². The average molecular weight is 288 g/mol. The van der Waals surface area contributed by atoms with Gasteiger partial charge in [0, 0.05) is 38.8 Å². The van der Waals surface area contributed by atoms with Gasteiger partial charge in [0.05, 0.1) is 6.10 Å². The Kier molecular flexibility index (Phi) is 5.97. The summed E-state index contributed by atoms with van der Waals surface area (Å²) in [5.41, 5.74) is 2.39. The van der Waals surface area contributed by atoms with Gasteiger partial charge in [-0.15, -0.1) is 0 Å². The van der Waals surface area contributed by atoms with Crippen molar-refractivity contribution in [3.63, 3.8) is 0 Å². The van der Waals surface area contributed by atoms with Gasteiger partial charge in [0.1, 0.15) is 0 Å². The van der Waals surface area contributed by atoms with Crippen molar-refractivity contribution in [3.8, 4) is 0 Å². The molecule has 1 fully saturated rings. The van der Waals surface area contributed by atoms with Gasteiger partial charge in [-0.25, -0.2) is 0 Å². The summed E-state index contributed by atoms with van der Waals surface area (Å²) in [5.74, 6) is 0. The average Bonchev–Trinajstić information content (AvgIpc) is 2.48. The van der Waals surface area contributed by atoms with Crippen LogP contribution in [0.5, 0.6) is 0 Å². The number of nitrogens with zero attached hydrogens (tertiary/aromatic N) is 2. The second-order valence-electron chi connectivity index (χ2n) is 6.31. The third kappa shape index (κ3) is 4.95. The number of aliphatic hydroxyl groups excluding tert-OH is 1. The minimum Gasteiger partial charge on any atom is -0.387 e. The zero-order chi connectivity index (χ0) is 15.2. The van der Waals surface area contributed by atoms with Crippen LogP contribution in [0.25, 0.3) is 0 Å². The summed E-state index contributed by atoms with van der Waals surface area (Å²) >= 11 is 0. The van der Waals surface area contributed by atoms with Crippen LogP contribution >= 0.6 is 0 Å². The SMILES string of the molecule is CC(C)=CCN1CCN(C[C@H](O)c2ccccc2)[C@H](C)C1. The molecule has 0 radical (unpaired) electrons. The van der Waals surface area contributed by atoms with Crippen molar-refractivity contribution in [2.24, 2.45) is 0 Å². The summed E-state index contributed by atoms with van der Waals surface area (Å²) in [6.07, 6.45) is 1.90. The molecule has 3 heteroatoms. The van der Waals surface area contributed by atoms with Gasteiger partial charge < -0.3 is 5.11 Å². The first-order chi connectivity index (χ1) is 10.1. The second-order valence-corrected chi connectivity index (χ2v) is 6.31. The van der Waals surface area contributed by atoms with Crippen LogP contribution in [0.3, 0.4) is 0 Å².